The van der Waals surface area contributed by atoms with Gasteiger partial charge in [-0.1, -0.05) is 0 Å². The summed E-state index contributed by atoms with van der Waals surface area (Å²) >= 11 is 0. The summed E-state index contributed by atoms with van der Waals surface area (Å²) in [6.07, 6.45) is 5.16. The summed E-state index contributed by atoms with van der Waals surface area (Å²) in [4.78, 5) is 13.9. The molecule has 0 spiro atoms. The minimum atomic E-state index is 0.199. The molecule has 1 heterocycles. The fraction of sp³-hybridized carbons (Fsp3) is 0.923. The first kappa shape index (κ1) is 12.8. The molecule has 0 aromatic heterocycles. The molecule has 1 amide bonds. The molecular formula is C13H24N2O2. The second-order valence-corrected chi connectivity index (χ2v) is 5.53. The van der Waals surface area contributed by atoms with Crippen LogP contribution in [0.1, 0.15) is 32.1 Å². The van der Waals surface area contributed by atoms with Gasteiger partial charge in [-0.25, -0.2) is 0 Å². The van der Waals surface area contributed by atoms with Crippen LogP contribution in [-0.2, 0) is 9.53 Å². The Balaban J connectivity index is 1.65. The molecule has 2 N–H and O–H groups in total. The number of hydrogen-bond donors (Lipinski definition) is 1. The predicted octanol–water partition coefficient (Wildman–Crippen LogP) is 0.999. The molecule has 1 saturated heterocycles. The summed E-state index contributed by atoms with van der Waals surface area (Å²) in [5, 5.41) is 0. The van der Waals surface area contributed by atoms with Crippen LogP contribution in [0.5, 0.6) is 0 Å². The van der Waals surface area contributed by atoms with Crippen molar-refractivity contribution in [3.05, 3.63) is 0 Å². The van der Waals surface area contributed by atoms with E-state index in [1.807, 2.05) is 11.9 Å². The van der Waals surface area contributed by atoms with Crippen molar-refractivity contribution < 1.29 is 9.53 Å². The van der Waals surface area contributed by atoms with E-state index in [1.54, 1.807) is 0 Å². The number of nitrogens with zero attached hydrogens (tertiary/aromatic N) is 1. The van der Waals surface area contributed by atoms with Crippen molar-refractivity contribution in [2.75, 3.05) is 26.8 Å². The van der Waals surface area contributed by atoms with Crippen LogP contribution >= 0.6 is 0 Å². The van der Waals surface area contributed by atoms with Crippen LogP contribution in [0.25, 0.3) is 0 Å². The summed E-state index contributed by atoms with van der Waals surface area (Å²) in [7, 11) is 1.92. The molecule has 2 aliphatic rings. The number of ether oxygens (including phenoxy) is 1. The summed E-state index contributed by atoms with van der Waals surface area (Å²) in [5.41, 5.74) is 5.71. The van der Waals surface area contributed by atoms with Crippen molar-refractivity contribution in [3.63, 3.8) is 0 Å². The monoisotopic (exact) mass is 240 g/mol. The Bertz CT molecular complexity index is 258. The van der Waals surface area contributed by atoms with E-state index in [0.29, 0.717) is 5.91 Å². The number of rotatable bonds is 4. The second-order valence-electron chi connectivity index (χ2n) is 5.53. The third-order valence-electron chi connectivity index (χ3n) is 4.11. The molecule has 17 heavy (non-hydrogen) atoms. The minimum Gasteiger partial charge on any atom is -0.381 e. The van der Waals surface area contributed by atoms with Crippen LogP contribution in [0.2, 0.25) is 0 Å². The van der Waals surface area contributed by atoms with E-state index in [4.69, 9.17) is 10.5 Å². The highest BCUT2D eigenvalue weighted by Crippen LogP contribution is 2.27. The van der Waals surface area contributed by atoms with Gasteiger partial charge in [0.05, 0.1) is 0 Å². The van der Waals surface area contributed by atoms with Crippen LogP contribution in [0.4, 0.5) is 0 Å². The van der Waals surface area contributed by atoms with Gasteiger partial charge in [-0.2, -0.15) is 0 Å². The molecule has 4 nitrogen and oxygen atoms in total. The minimum absolute atomic E-state index is 0.199. The van der Waals surface area contributed by atoms with Gasteiger partial charge in [-0.15, -0.1) is 0 Å². The Morgan fingerprint density at radius 3 is 2.59 bits per heavy atom. The fourth-order valence-corrected chi connectivity index (χ4v) is 2.70. The predicted molar refractivity (Wildman–Crippen MR) is 66.5 cm³/mol. The lowest BCUT2D eigenvalue weighted by Crippen LogP contribution is -2.46. The lowest BCUT2D eigenvalue weighted by Gasteiger charge is -2.34. The quantitative estimate of drug-likeness (QED) is 0.797. The summed E-state index contributed by atoms with van der Waals surface area (Å²) in [5.74, 6) is 1.23. The van der Waals surface area contributed by atoms with Crippen LogP contribution < -0.4 is 5.73 Å². The first-order chi connectivity index (χ1) is 8.16. The molecule has 4 heteroatoms. The molecule has 0 bridgehead atoms. The molecule has 2 fully saturated rings. The number of carbonyl (C=O) groups is 1. The third kappa shape index (κ3) is 3.42. The zero-order valence-corrected chi connectivity index (χ0v) is 10.7. The normalized spacial score (nSPS) is 29.8. The van der Waals surface area contributed by atoms with Gasteiger partial charge >= 0.3 is 0 Å². The lowest BCUT2D eigenvalue weighted by atomic mass is 9.80. The Labute approximate surface area is 103 Å². The van der Waals surface area contributed by atoms with E-state index in [9.17, 15) is 4.79 Å². The highest BCUT2D eigenvalue weighted by molar-refractivity contribution is 5.79. The SMILES string of the molecule is CN(CCC1CCOCC1)C(=O)C1CC(N)C1. The standard InChI is InChI=1S/C13H24N2O2/c1-15(13(16)11-8-12(14)9-11)5-2-10-3-6-17-7-4-10/h10-12H,2-9,14H2,1H3. The highest BCUT2D eigenvalue weighted by atomic mass is 16.5. The van der Waals surface area contributed by atoms with E-state index in [-0.39, 0.29) is 12.0 Å². The van der Waals surface area contributed by atoms with Crippen LogP contribution in [0, 0.1) is 11.8 Å². The van der Waals surface area contributed by atoms with Crippen LogP contribution in [-0.4, -0.2) is 43.7 Å². The molecule has 0 aromatic carbocycles. The molecule has 0 atom stereocenters. The average Bonchev–Trinajstić information content (AvgIpc) is 2.32. The maximum absolute atomic E-state index is 12.0. The zero-order chi connectivity index (χ0) is 12.3. The summed E-state index contributed by atoms with van der Waals surface area (Å²) in [6.45, 7) is 2.66. The van der Waals surface area contributed by atoms with E-state index in [2.05, 4.69) is 0 Å². The van der Waals surface area contributed by atoms with E-state index in [1.165, 1.54) is 0 Å². The van der Waals surface area contributed by atoms with Gasteiger partial charge in [0.15, 0.2) is 0 Å². The van der Waals surface area contributed by atoms with Gasteiger partial charge in [0.25, 0.3) is 0 Å². The molecule has 0 unspecified atom stereocenters. The largest absolute Gasteiger partial charge is 0.381 e. The van der Waals surface area contributed by atoms with E-state index < -0.39 is 0 Å². The topological polar surface area (TPSA) is 55.6 Å². The van der Waals surface area contributed by atoms with Gasteiger partial charge in [0.2, 0.25) is 5.91 Å². The molecule has 1 aliphatic carbocycles. The fourth-order valence-electron chi connectivity index (χ4n) is 2.70. The van der Waals surface area contributed by atoms with Gasteiger partial charge in [-0.05, 0) is 38.0 Å². The number of nitrogens with two attached hydrogens (primary N) is 1. The summed E-state index contributed by atoms with van der Waals surface area (Å²) in [6, 6.07) is 0.257. The molecule has 2 rings (SSSR count). The average molecular weight is 240 g/mol. The van der Waals surface area contributed by atoms with Gasteiger partial charge < -0.3 is 15.4 Å². The highest BCUT2D eigenvalue weighted by Gasteiger charge is 2.33. The molecular weight excluding hydrogens is 216 g/mol. The first-order valence-electron chi connectivity index (χ1n) is 6.75. The summed E-state index contributed by atoms with van der Waals surface area (Å²) < 4.78 is 5.34. The molecule has 0 aromatic rings. The van der Waals surface area contributed by atoms with Crippen LogP contribution in [0.3, 0.4) is 0 Å². The maximum Gasteiger partial charge on any atom is 0.225 e. The lowest BCUT2D eigenvalue weighted by molar-refractivity contribution is -0.137. The zero-order valence-electron chi connectivity index (χ0n) is 10.7. The molecule has 1 aliphatic heterocycles. The van der Waals surface area contributed by atoms with Gasteiger partial charge in [-0.3, -0.25) is 4.79 Å². The Morgan fingerprint density at radius 2 is 2.00 bits per heavy atom. The van der Waals surface area contributed by atoms with Gasteiger partial charge in [0, 0.05) is 38.8 Å². The van der Waals surface area contributed by atoms with Crippen molar-refractivity contribution in [2.24, 2.45) is 17.6 Å². The Morgan fingerprint density at radius 1 is 1.35 bits per heavy atom. The number of carbonyl (C=O) groups excluding carboxylic acids is 1. The van der Waals surface area contributed by atoms with Crippen LogP contribution in [0.15, 0.2) is 0 Å². The first-order valence-corrected chi connectivity index (χ1v) is 6.75. The molecule has 0 radical (unpaired) electrons. The van der Waals surface area contributed by atoms with Crippen molar-refractivity contribution in [1.29, 1.82) is 0 Å². The van der Waals surface area contributed by atoms with Crippen molar-refractivity contribution in [1.82, 2.24) is 4.90 Å². The third-order valence-corrected chi connectivity index (χ3v) is 4.11. The maximum atomic E-state index is 12.0. The van der Waals surface area contributed by atoms with Gasteiger partial charge in [0.1, 0.15) is 0 Å². The smallest absolute Gasteiger partial charge is 0.225 e. The molecule has 98 valence electrons. The second kappa shape index (κ2) is 5.83. The van der Waals surface area contributed by atoms with Crippen molar-refractivity contribution in [3.8, 4) is 0 Å². The van der Waals surface area contributed by atoms with Crippen molar-refractivity contribution in [2.45, 2.75) is 38.1 Å². The van der Waals surface area contributed by atoms with E-state index in [0.717, 1.165) is 57.8 Å². The number of hydrogen-bond acceptors (Lipinski definition) is 3. The Kier molecular flexibility index (Phi) is 4.40. The van der Waals surface area contributed by atoms with E-state index >= 15 is 0 Å². The molecule has 1 saturated carbocycles. The van der Waals surface area contributed by atoms with Crippen molar-refractivity contribution >= 4 is 5.91 Å². The number of amides is 1. The Hall–Kier alpha value is -0.610.